The fourth-order valence-electron chi connectivity index (χ4n) is 3.47. The summed E-state index contributed by atoms with van der Waals surface area (Å²) in [6.45, 7) is 2.66. The Labute approximate surface area is 157 Å². The summed E-state index contributed by atoms with van der Waals surface area (Å²) in [5.41, 5.74) is 1.24. The lowest BCUT2D eigenvalue weighted by Crippen LogP contribution is -2.37. The molecule has 1 aliphatic rings. The molecule has 6 heteroatoms. The normalized spacial score (nSPS) is 13.2. The number of nitrogens with one attached hydrogen (secondary N) is 1. The van der Waals surface area contributed by atoms with Crippen LogP contribution in [0.3, 0.4) is 0 Å². The highest BCUT2D eigenvalue weighted by Gasteiger charge is 2.32. The van der Waals surface area contributed by atoms with Crippen LogP contribution in [0.5, 0.6) is 0 Å². The summed E-state index contributed by atoms with van der Waals surface area (Å²) in [6, 6.07) is 6.16. The molecule has 0 saturated heterocycles. The van der Waals surface area contributed by atoms with E-state index in [-0.39, 0.29) is 11.5 Å². The smallest absolute Gasteiger partial charge is 0.261 e. The second-order valence-corrected chi connectivity index (χ2v) is 6.72. The number of nitrogens with zero attached hydrogens (tertiary/aromatic N) is 1. The number of aldehydes is 1. The standard InChI is InChI=1S/C21H22N2O4/c1-3-4-5-6-11-22-19(25)14-9-10-16-18-15(20(26)23(2)21(16)27)8-7-13(12-24)17(14)18/h7-10,12H,3-6,11H2,1-2H3,(H,22,25). The highest BCUT2D eigenvalue weighted by Crippen LogP contribution is 2.33. The van der Waals surface area contributed by atoms with Crippen LogP contribution in [-0.2, 0) is 0 Å². The Kier molecular flexibility index (Phi) is 5.35. The summed E-state index contributed by atoms with van der Waals surface area (Å²) in [5.74, 6) is -1.18. The van der Waals surface area contributed by atoms with E-state index in [0.717, 1.165) is 30.6 Å². The first-order chi connectivity index (χ1) is 13.0. The van der Waals surface area contributed by atoms with E-state index < -0.39 is 11.8 Å². The van der Waals surface area contributed by atoms with Gasteiger partial charge in [0.25, 0.3) is 17.7 Å². The maximum absolute atomic E-state index is 12.7. The van der Waals surface area contributed by atoms with E-state index in [4.69, 9.17) is 0 Å². The SMILES string of the molecule is CCCCCCNC(=O)c1ccc2c3c(ccc(C=O)c13)C(=O)N(C)C2=O. The monoisotopic (exact) mass is 366 g/mol. The minimum Gasteiger partial charge on any atom is -0.352 e. The van der Waals surface area contributed by atoms with E-state index >= 15 is 0 Å². The molecule has 2 aromatic carbocycles. The Morgan fingerprint density at radius 1 is 1.00 bits per heavy atom. The number of hydrogen-bond donors (Lipinski definition) is 1. The molecule has 3 amide bonds. The van der Waals surface area contributed by atoms with Gasteiger partial charge < -0.3 is 5.32 Å². The minimum absolute atomic E-state index is 0.289. The van der Waals surface area contributed by atoms with Crippen LogP contribution in [0.25, 0.3) is 10.8 Å². The van der Waals surface area contributed by atoms with Crippen molar-refractivity contribution in [1.82, 2.24) is 10.2 Å². The summed E-state index contributed by atoms with van der Waals surface area (Å²) in [5, 5.41) is 3.62. The molecule has 1 heterocycles. The topological polar surface area (TPSA) is 83.6 Å². The molecule has 0 unspecified atom stereocenters. The molecule has 0 fully saturated rings. The van der Waals surface area contributed by atoms with Crippen molar-refractivity contribution >= 4 is 34.8 Å². The van der Waals surface area contributed by atoms with Gasteiger partial charge in [0, 0.05) is 46.6 Å². The molecule has 1 aliphatic heterocycles. The molecule has 0 bridgehead atoms. The largest absolute Gasteiger partial charge is 0.352 e. The lowest BCUT2D eigenvalue weighted by atomic mass is 9.88. The predicted molar refractivity (Wildman–Crippen MR) is 102 cm³/mol. The Hall–Kier alpha value is -3.02. The number of carbonyl (C=O) groups is 4. The third kappa shape index (κ3) is 3.23. The summed E-state index contributed by atoms with van der Waals surface area (Å²) < 4.78 is 0. The van der Waals surface area contributed by atoms with Gasteiger partial charge in [0.1, 0.15) is 0 Å². The van der Waals surface area contributed by atoms with Crippen LogP contribution in [0, 0.1) is 0 Å². The van der Waals surface area contributed by atoms with E-state index in [0.29, 0.717) is 40.3 Å². The summed E-state index contributed by atoms with van der Waals surface area (Å²) in [4.78, 5) is 50.3. The third-order valence-corrected chi connectivity index (χ3v) is 4.95. The minimum atomic E-state index is -0.438. The molecular weight excluding hydrogens is 344 g/mol. The highest BCUT2D eigenvalue weighted by molar-refractivity contribution is 6.29. The van der Waals surface area contributed by atoms with Crippen LogP contribution < -0.4 is 5.32 Å². The van der Waals surface area contributed by atoms with Crippen LogP contribution >= 0.6 is 0 Å². The van der Waals surface area contributed by atoms with Gasteiger partial charge in [-0.25, -0.2) is 0 Å². The first-order valence-corrected chi connectivity index (χ1v) is 9.16. The van der Waals surface area contributed by atoms with Crippen LogP contribution in [-0.4, -0.2) is 42.5 Å². The molecule has 3 rings (SSSR count). The van der Waals surface area contributed by atoms with Crippen LogP contribution in [0.15, 0.2) is 24.3 Å². The van der Waals surface area contributed by atoms with Gasteiger partial charge in [0.2, 0.25) is 0 Å². The lowest BCUT2D eigenvalue weighted by molar-refractivity contribution is 0.0649. The fraction of sp³-hybridized carbons (Fsp3) is 0.333. The lowest BCUT2D eigenvalue weighted by Gasteiger charge is -2.25. The summed E-state index contributed by atoms with van der Waals surface area (Å²) in [6.07, 6.45) is 4.79. The van der Waals surface area contributed by atoms with Crippen LogP contribution in [0.2, 0.25) is 0 Å². The molecule has 0 aromatic heterocycles. The van der Waals surface area contributed by atoms with Crippen LogP contribution in [0.1, 0.15) is 74.0 Å². The first-order valence-electron chi connectivity index (χ1n) is 9.16. The van der Waals surface area contributed by atoms with Crippen molar-refractivity contribution in [2.45, 2.75) is 32.6 Å². The highest BCUT2D eigenvalue weighted by atomic mass is 16.2. The van der Waals surface area contributed by atoms with Gasteiger partial charge in [-0.3, -0.25) is 24.1 Å². The number of carbonyl (C=O) groups excluding carboxylic acids is 4. The molecule has 0 aliphatic carbocycles. The molecule has 2 aromatic rings. The zero-order chi connectivity index (χ0) is 19.6. The van der Waals surface area contributed by atoms with Gasteiger partial charge in [0.05, 0.1) is 0 Å². The number of benzene rings is 2. The van der Waals surface area contributed by atoms with Crippen molar-refractivity contribution < 1.29 is 19.2 Å². The summed E-state index contributed by atoms with van der Waals surface area (Å²) in [7, 11) is 1.42. The third-order valence-electron chi connectivity index (χ3n) is 4.95. The van der Waals surface area contributed by atoms with Gasteiger partial charge >= 0.3 is 0 Å². The predicted octanol–water partition coefficient (Wildman–Crippen LogP) is 3.19. The second-order valence-electron chi connectivity index (χ2n) is 6.72. The Morgan fingerprint density at radius 2 is 1.67 bits per heavy atom. The van der Waals surface area contributed by atoms with Crippen molar-refractivity contribution in [2.24, 2.45) is 0 Å². The zero-order valence-electron chi connectivity index (χ0n) is 15.5. The molecular formula is C21H22N2O4. The average Bonchev–Trinajstić information content (AvgIpc) is 2.69. The molecule has 0 saturated carbocycles. The zero-order valence-corrected chi connectivity index (χ0v) is 15.5. The van der Waals surface area contributed by atoms with E-state index in [2.05, 4.69) is 12.2 Å². The number of imide groups is 1. The number of hydrogen-bond acceptors (Lipinski definition) is 4. The van der Waals surface area contributed by atoms with Crippen molar-refractivity contribution in [3.63, 3.8) is 0 Å². The Balaban J connectivity index is 2.06. The van der Waals surface area contributed by atoms with Crippen molar-refractivity contribution in [3.05, 3.63) is 46.5 Å². The molecule has 0 radical (unpaired) electrons. The van der Waals surface area contributed by atoms with Gasteiger partial charge in [-0.05, 0) is 24.6 Å². The number of amides is 3. The van der Waals surface area contributed by atoms with Crippen LogP contribution in [0.4, 0.5) is 0 Å². The molecule has 1 N–H and O–H groups in total. The van der Waals surface area contributed by atoms with Gasteiger partial charge in [-0.15, -0.1) is 0 Å². The van der Waals surface area contributed by atoms with E-state index in [1.807, 2.05) is 0 Å². The molecule has 6 nitrogen and oxygen atoms in total. The van der Waals surface area contributed by atoms with Crippen molar-refractivity contribution in [2.75, 3.05) is 13.6 Å². The maximum Gasteiger partial charge on any atom is 0.261 e. The number of rotatable bonds is 7. The first kappa shape index (κ1) is 18.8. The Morgan fingerprint density at radius 3 is 2.30 bits per heavy atom. The van der Waals surface area contributed by atoms with E-state index in [1.54, 1.807) is 12.1 Å². The van der Waals surface area contributed by atoms with Crippen molar-refractivity contribution in [1.29, 1.82) is 0 Å². The van der Waals surface area contributed by atoms with E-state index in [1.165, 1.54) is 19.2 Å². The fourth-order valence-corrected chi connectivity index (χ4v) is 3.47. The molecule has 140 valence electrons. The van der Waals surface area contributed by atoms with Crippen molar-refractivity contribution in [3.8, 4) is 0 Å². The molecule has 27 heavy (non-hydrogen) atoms. The Bertz CT molecular complexity index is 927. The molecule has 0 atom stereocenters. The van der Waals surface area contributed by atoms with Gasteiger partial charge in [-0.1, -0.05) is 32.3 Å². The quantitative estimate of drug-likeness (QED) is 0.463. The van der Waals surface area contributed by atoms with Gasteiger partial charge in [-0.2, -0.15) is 0 Å². The van der Waals surface area contributed by atoms with E-state index in [9.17, 15) is 19.2 Å². The second kappa shape index (κ2) is 7.70. The average molecular weight is 366 g/mol. The summed E-state index contributed by atoms with van der Waals surface area (Å²) >= 11 is 0. The van der Waals surface area contributed by atoms with Gasteiger partial charge in [0.15, 0.2) is 6.29 Å². The molecule has 0 spiro atoms. The number of unbranched alkanes of at least 4 members (excludes halogenated alkanes) is 3. The maximum atomic E-state index is 12.7.